The lowest BCUT2D eigenvalue weighted by molar-refractivity contribution is -0.134. The van der Waals surface area contributed by atoms with Crippen molar-refractivity contribution in [3.63, 3.8) is 0 Å². The van der Waals surface area contributed by atoms with Gasteiger partial charge in [0.05, 0.1) is 5.69 Å². The second kappa shape index (κ2) is 13.7. The molecule has 2 fully saturated rings. The second-order valence-corrected chi connectivity index (χ2v) is 10.1. The number of rotatable bonds is 7. The summed E-state index contributed by atoms with van der Waals surface area (Å²) in [5, 5.41) is 15.6. The highest BCUT2D eigenvalue weighted by molar-refractivity contribution is 5.89. The summed E-state index contributed by atoms with van der Waals surface area (Å²) in [4.78, 5) is 45.6. The third-order valence-electron chi connectivity index (χ3n) is 7.22. The van der Waals surface area contributed by atoms with Gasteiger partial charge in [-0.25, -0.2) is 14.6 Å². The van der Waals surface area contributed by atoms with Gasteiger partial charge in [-0.05, 0) is 62.0 Å². The Morgan fingerprint density at radius 3 is 2.23 bits per heavy atom. The van der Waals surface area contributed by atoms with E-state index in [1.807, 2.05) is 19.2 Å². The van der Waals surface area contributed by atoms with E-state index >= 15 is 0 Å². The molecule has 4 heterocycles. The zero-order valence-electron chi connectivity index (χ0n) is 22.6. The van der Waals surface area contributed by atoms with Gasteiger partial charge in [0.1, 0.15) is 0 Å². The first-order valence-corrected chi connectivity index (χ1v) is 13.5. The summed E-state index contributed by atoms with van der Waals surface area (Å²) in [6.45, 7) is 5.31. The number of carboxylic acids is 2. The molecule has 0 aliphatic carbocycles. The summed E-state index contributed by atoms with van der Waals surface area (Å²) >= 11 is 0. The van der Waals surface area contributed by atoms with Crippen molar-refractivity contribution in [3.05, 3.63) is 88.5 Å². The lowest BCUT2D eigenvalue weighted by atomic mass is 9.90. The third kappa shape index (κ3) is 7.86. The molecule has 10 nitrogen and oxygen atoms in total. The van der Waals surface area contributed by atoms with Crippen molar-refractivity contribution in [2.45, 2.75) is 38.1 Å². The molecule has 0 spiro atoms. The summed E-state index contributed by atoms with van der Waals surface area (Å²) in [6.07, 6.45) is 9.50. The number of hydrogen-bond donors (Lipinski definition) is 2. The van der Waals surface area contributed by atoms with Gasteiger partial charge in [0.25, 0.3) is 5.56 Å². The van der Waals surface area contributed by atoms with E-state index in [4.69, 9.17) is 15.2 Å². The molecule has 1 atom stereocenters. The highest BCUT2D eigenvalue weighted by atomic mass is 16.4. The molecule has 3 aromatic rings. The zero-order valence-corrected chi connectivity index (χ0v) is 22.6. The van der Waals surface area contributed by atoms with Gasteiger partial charge < -0.3 is 15.1 Å². The molecular weight excluding hydrogens is 510 g/mol. The predicted octanol–water partition coefficient (Wildman–Crippen LogP) is 3.53. The standard InChI is InChI=1S/C26H31N5O.C4H4O4/c1-29-25(32)17-24(22-10-12-27-13-11-22)28-26(29)31-16-4-5-23(19-31)21-8-6-20(7-9-21)18-30-14-2-3-15-30;5-3(6)1-2-4(7)8/h6-13,17,23H,2-5,14-16,18-19H2,1H3;1-2H,(H,5,6)(H,7,8)/b;2-1+. The Morgan fingerprint density at radius 1 is 0.950 bits per heavy atom. The van der Waals surface area contributed by atoms with Gasteiger partial charge in [-0.2, -0.15) is 0 Å². The molecule has 2 saturated heterocycles. The maximum atomic E-state index is 12.7. The number of pyridine rings is 1. The van der Waals surface area contributed by atoms with Crippen LogP contribution in [0.25, 0.3) is 11.3 Å². The van der Waals surface area contributed by atoms with Crippen LogP contribution in [0, 0.1) is 0 Å². The monoisotopic (exact) mass is 545 g/mol. The molecule has 2 aliphatic heterocycles. The quantitative estimate of drug-likeness (QED) is 0.428. The Kier molecular flexibility index (Phi) is 9.80. The highest BCUT2D eigenvalue weighted by Gasteiger charge is 2.24. The Hall–Kier alpha value is -4.31. The maximum Gasteiger partial charge on any atom is 0.328 e. The Labute approximate surface area is 233 Å². The fourth-order valence-electron chi connectivity index (χ4n) is 5.15. The minimum atomic E-state index is -1.26. The molecule has 5 rings (SSSR count). The number of hydrogen-bond acceptors (Lipinski definition) is 7. The number of aromatic nitrogens is 3. The van der Waals surface area contributed by atoms with Crippen LogP contribution in [0.15, 0.2) is 71.8 Å². The normalized spacial score (nSPS) is 17.4. The molecule has 2 N–H and O–H groups in total. The summed E-state index contributed by atoms with van der Waals surface area (Å²) in [6, 6.07) is 14.6. The molecule has 40 heavy (non-hydrogen) atoms. The lowest BCUT2D eigenvalue weighted by Crippen LogP contribution is -2.38. The summed E-state index contributed by atoms with van der Waals surface area (Å²) < 4.78 is 1.67. The molecule has 0 bridgehead atoms. The highest BCUT2D eigenvalue weighted by Crippen LogP contribution is 2.30. The van der Waals surface area contributed by atoms with Crippen LogP contribution in [0.3, 0.4) is 0 Å². The van der Waals surface area contributed by atoms with Gasteiger partial charge in [-0.15, -0.1) is 0 Å². The number of carbonyl (C=O) groups is 2. The zero-order chi connectivity index (χ0) is 28.5. The van der Waals surface area contributed by atoms with Crippen LogP contribution in [0.5, 0.6) is 0 Å². The van der Waals surface area contributed by atoms with Crippen molar-refractivity contribution >= 4 is 17.9 Å². The van der Waals surface area contributed by atoms with E-state index < -0.39 is 11.9 Å². The largest absolute Gasteiger partial charge is 0.478 e. The second-order valence-electron chi connectivity index (χ2n) is 10.1. The minimum absolute atomic E-state index is 0.0322. The molecule has 0 saturated carbocycles. The SMILES string of the molecule is Cn1c(N2CCCC(c3ccc(CN4CCCC4)cc3)C2)nc(-c2ccncc2)cc1=O.O=C(O)/C=C/C(=O)O. The predicted molar refractivity (Wildman–Crippen MR) is 152 cm³/mol. The van der Waals surface area contributed by atoms with Gasteiger partial charge in [0, 0.05) is 68.8 Å². The van der Waals surface area contributed by atoms with Crippen LogP contribution in [0.2, 0.25) is 0 Å². The number of nitrogens with zero attached hydrogens (tertiary/aromatic N) is 5. The first kappa shape index (κ1) is 28.7. The summed E-state index contributed by atoms with van der Waals surface area (Å²) in [5.74, 6) is -1.31. The molecule has 1 aromatic carbocycles. The van der Waals surface area contributed by atoms with E-state index in [-0.39, 0.29) is 5.56 Å². The molecule has 0 amide bonds. The van der Waals surface area contributed by atoms with Crippen LogP contribution in [-0.2, 0) is 23.2 Å². The molecule has 1 unspecified atom stereocenters. The number of likely N-dealkylation sites (tertiary alicyclic amines) is 1. The maximum absolute atomic E-state index is 12.7. The van der Waals surface area contributed by atoms with Crippen LogP contribution < -0.4 is 10.5 Å². The van der Waals surface area contributed by atoms with Gasteiger partial charge in [0.2, 0.25) is 5.95 Å². The number of benzene rings is 1. The summed E-state index contributed by atoms with van der Waals surface area (Å²) in [5.41, 5.74) is 4.38. The van der Waals surface area contributed by atoms with E-state index in [9.17, 15) is 14.4 Å². The average molecular weight is 546 g/mol. The van der Waals surface area contributed by atoms with Crippen molar-refractivity contribution in [1.82, 2.24) is 19.4 Å². The van der Waals surface area contributed by atoms with Crippen molar-refractivity contribution in [1.29, 1.82) is 0 Å². The van der Waals surface area contributed by atoms with Crippen LogP contribution in [-0.4, -0.2) is 67.8 Å². The van der Waals surface area contributed by atoms with Gasteiger partial charge in [-0.1, -0.05) is 24.3 Å². The van der Waals surface area contributed by atoms with Crippen LogP contribution in [0.1, 0.15) is 42.7 Å². The van der Waals surface area contributed by atoms with Crippen LogP contribution >= 0.6 is 0 Å². The Morgan fingerprint density at radius 2 is 1.60 bits per heavy atom. The van der Waals surface area contributed by atoms with Gasteiger partial charge >= 0.3 is 11.9 Å². The van der Waals surface area contributed by atoms with Crippen molar-refractivity contribution in [2.24, 2.45) is 7.05 Å². The molecule has 0 radical (unpaired) electrons. The number of piperidine rings is 1. The number of anilines is 1. The molecule has 2 aromatic heterocycles. The molecule has 210 valence electrons. The van der Waals surface area contributed by atoms with Crippen LogP contribution in [0.4, 0.5) is 5.95 Å². The summed E-state index contributed by atoms with van der Waals surface area (Å²) in [7, 11) is 1.82. The molecule has 2 aliphatic rings. The van der Waals surface area contributed by atoms with E-state index in [0.717, 1.165) is 37.6 Å². The first-order valence-electron chi connectivity index (χ1n) is 13.5. The number of carboxylic acid groups (broad SMARTS) is 2. The molecule has 10 heteroatoms. The lowest BCUT2D eigenvalue weighted by Gasteiger charge is -2.34. The van der Waals surface area contributed by atoms with Crippen molar-refractivity contribution in [2.75, 3.05) is 31.1 Å². The van der Waals surface area contributed by atoms with Crippen molar-refractivity contribution < 1.29 is 19.8 Å². The number of aliphatic carboxylic acids is 2. The van der Waals surface area contributed by atoms with E-state index in [2.05, 4.69) is 39.0 Å². The first-order chi connectivity index (χ1) is 19.3. The fourth-order valence-corrected chi connectivity index (χ4v) is 5.15. The van der Waals surface area contributed by atoms with E-state index in [1.165, 1.54) is 43.5 Å². The average Bonchev–Trinajstić information content (AvgIpc) is 3.48. The molecular formula is C30H35N5O5. The van der Waals surface area contributed by atoms with E-state index in [0.29, 0.717) is 23.8 Å². The topological polar surface area (TPSA) is 129 Å². The Bertz CT molecular complexity index is 1370. The Balaban J connectivity index is 0.000000406. The van der Waals surface area contributed by atoms with Crippen molar-refractivity contribution in [3.8, 4) is 11.3 Å². The minimum Gasteiger partial charge on any atom is -0.478 e. The fraction of sp³-hybridized carbons (Fsp3) is 0.367. The van der Waals surface area contributed by atoms with Gasteiger partial charge in [0.15, 0.2) is 0 Å². The third-order valence-corrected chi connectivity index (χ3v) is 7.22. The van der Waals surface area contributed by atoms with Gasteiger partial charge in [-0.3, -0.25) is 19.2 Å². The smallest absolute Gasteiger partial charge is 0.328 e. The van der Waals surface area contributed by atoms with E-state index in [1.54, 1.807) is 23.0 Å².